The second kappa shape index (κ2) is 3.28. The Morgan fingerprint density at radius 2 is 1.86 bits per heavy atom. The van der Waals surface area contributed by atoms with Crippen molar-refractivity contribution in [1.82, 2.24) is 0 Å². The summed E-state index contributed by atoms with van der Waals surface area (Å²) in [5, 5.41) is 45.1. The third-order valence-electron chi connectivity index (χ3n) is 2.28. The van der Waals surface area contributed by atoms with E-state index in [0.29, 0.717) is 0 Å². The van der Waals surface area contributed by atoms with Gasteiger partial charge >= 0.3 is 5.97 Å². The molecule has 0 saturated heterocycles. The van der Waals surface area contributed by atoms with Crippen molar-refractivity contribution in [2.24, 2.45) is 0 Å². The summed E-state index contributed by atoms with van der Waals surface area (Å²) in [6.45, 7) is 0. The molecule has 0 bridgehead atoms. The van der Waals surface area contributed by atoms with Gasteiger partial charge in [0, 0.05) is 0 Å². The first-order chi connectivity index (χ1) is 6.30. The molecule has 0 aromatic carbocycles. The lowest BCUT2D eigenvalue weighted by atomic mass is 9.78. The molecule has 4 unspecified atom stereocenters. The van der Waals surface area contributed by atoms with Gasteiger partial charge in [0.1, 0.15) is 18.3 Å². The van der Waals surface area contributed by atoms with Crippen molar-refractivity contribution in [1.29, 1.82) is 0 Å². The van der Waals surface area contributed by atoms with Crippen molar-refractivity contribution < 1.29 is 35.1 Å². The number of carbonyl (C=O) groups excluding carboxylic acids is 1. The van der Waals surface area contributed by atoms with E-state index in [9.17, 15) is 14.7 Å². The van der Waals surface area contributed by atoms with E-state index in [-0.39, 0.29) is 0 Å². The van der Waals surface area contributed by atoms with Gasteiger partial charge in [0.25, 0.3) is 0 Å². The number of carbonyl (C=O) groups is 2. The van der Waals surface area contributed by atoms with Crippen LogP contribution in [-0.4, -0.2) is 61.2 Å². The lowest BCUT2D eigenvalue weighted by Crippen LogP contribution is -2.64. The number of rotatable bonds is 1. The number of hydrogen-bond donors (Lipinski definition) is 5. The van der Waals surface area contributed by atoms with Crippen molar-refractivity contribution in [2.45, 2.75) is 30.3 Å². The quantitative estimate of drug-likeness (QED) is 0.306. The maximum Gasteiger partial charge on any atom is 0.339 e. The number of aliphatic hydroxyl groups excluding tert-OH is 3. The highest BCUT2D eigenvalue weighted by Crippen LogP contribution is 2.27. The van der Waals surface area contributed by atoms with Crippen LogP contribution in [0, 0.1) is 0 Å². The van der Waals surface area contributed by atoms with Gasteiger partial charge < -0.3 is 25.5 Å². The Labute approximate surface area is 78.2 Å². The van der Waals surface area contributed by atoms with Gasteiger partial charge in [-0.15, -0.1) is 0 Å². The Kier molecular flexibility index (Phi) is 2.59. The molecule has 0 radical (unpaired) electrons. The molecular formula is C7H10O7. The summed E-state index contributed by atoms with van der Waals surface area (Å²) in [5.74, 6) is -2.84. The van der Waals surface area contributed by atoms with Crippen LogP contribution in [0.3, 0.4) is 0 Å². The van der Waals surface area contributed by atoms with Crippen molar-refractivity contribution in [3.05, 3.63) is 0 Å². The van der Waals surface area contributed by atoms with Crippen molar-refractivity contribution in [3.8, 4) is 0 Å². The Bertz CT molecular complexity index is 275. The SMILES string of the molecule is O=C1CC(O)(C(=O)O)C(O)C(O)C1O. The zero-order valence-electron chi connectivity index (χ0n) is 6.99. The minimum Gasteiger partial charge on any atom is -0.479 e. The summed E-state index contributed by atoms with van der Waals surface area (Å²) in [6.07, 6.45) is -6.86. The van der Waals surface area contributed by atoms with Gasteiger partial charge in [0.05, 0.1) is 6.42 Å². The van der Waals surface area contributed by atoms with E-state index in [1.807, 2.05) is 0 Å². The van der Waals surface area contributed by atoms with Gasteiger partial charge in [-0.1, -0.05) is 0 Å². The van der Waals surface area contributed by atoms with Crippen LogP contribution in [0.25, 0.3) is 0 Å². The number of carboxylic acid groups (broad SMARTS) is 1. The van der Waals surface area contributed by atoms with Gasteiger partial charge in [0.15, 0.2) is 11.4 Å². The Balaban J connectivity index is 3.02. The fourth-order valence-electron chi connectivity index (χ4n) is 1.32. The van der Waals surface area contributed by atoms with Crippen LogP contribution in [0.2, 0.25) is 0 Å². The largest absolute Gasteiger partial charge is 0.479 e. The van der Waals surface area contributed by atoms with Crippen LogP contribution < -0.4 is 0 Å². The second-order valence-corrected chi connectivity index (χ2v) is 3.25. The molecule has 0 aromatic heterocycles. The zero-order valence-corrected chi connectivity index (χ0v) is 6.99. The van der Waals surface area contributed by atoms with E-state index in [1.54, 1.807) is 0 Å². The van der Waals surface area contributed by atoms with E-state index in [4.69, 9.17) is 20.4 Å². The highest BCUT2D eigenvalue weighted by Gasteiger charge is 2.55. The topological polar surface area (TPSA) is 135 Å². The zero-order chi connectivity index (χ0) is 11.1. The number of carboxylic acids is 1. The first-order valence-corrected chi connectivity index (χ1v) is 3.83. The predicted octanol–water partition coefficient (Wildman–Crippen LogP) is -3.14. The molecule has 7 heteroatoms. The normalized spacial score (nSPS) is 43.7. The molecule has 5 N–H and O–H groups in total. The fraction of sp³-hybridized carbons (Fsp3) is 0.714. The van der Waals surface area contributed by atoms with E-state index in [0.717, 1.165) is 0 Å². The molecule has 14 heavy (non-hydrogen) atoms. The summed E-state index contributed by atoms with van der Waals surface area (Å²) >= 11 is 0. The highest BCUT2D eigenvalue weighted by atomic mass is 16.4. The van der Waals surface area contributed by atoms with Crippen LogP contribution in [0.4, 0.5) is 0 Å². The summed E-state index contributed by atoms with van der Waals surface area (Å²) in [6, 6.07) is 0. The molecule has 1 aliphatic carbocycles. The van der Waals surface area contributed by atoms with Crippen LogP contribution in [0.5, 0.6) is 0 Å². The molecular weight excluding hydrogens is 196 g/mol. The van der Waals surface area contributed by atoms with Gasteiger partial charge in [-0.25, -0.2) is 4.79 Å². The van der Waals surface area contributed by atoms with Crippen molar-refractivity contribution in [3.63, 3.8) is 0 Å². The number of ketones is 1. The third-order valence-corrected chi connectivity index (χ3v) is 2.28. The summed E-state index contributed by atoms with van der Waals surface area (Å²) in [5.41, 5.74) is -2.73. The Hall–Kier alpha value is -1.02. The van der Waals surface area contributed by atoms with E-state index in [1.165, 1.54) is 0 Å². The molecule has 0 amide bonds. The maximum absolute atomic E-state index is 10.9. The number of aliphatic carboxylic acids is 1. The molecule has 4 atom stereocenters. The molecule has 0 aliphatic heterocycles. The van der Waals surface area contributed by atoms with Gasteiger partial charge in [-0.2, -0.15) is 0 Å². The Morgan fingerprint density at radius 1 is 1.36 bits per heavy atom. The van der Waals surface area contributed by atoms with Crippen molar-refractivity contribution >= 4 is 11.8 Å². The second-order valence-electron chi connectivity index (χ2n) is 3.25. The molecule has 1 saturated carbocycles. The highest BCUT2D eigenvalue weighted by molar-refractivity contribution is 5.93. The van der Waals surface area contributed by atoms with Gasteiger partial charge in [-0.05, 0) is 0 Å². The van der Waals surface area contributed by atoms with Gasteiger partial charge in [-0.3, -0.25) is 4.79 Å². The summed E-state index contributed by atoms with van der Waals surface area (Å²) in [4.78, 5) is 21.5. The number of hydrogen-bond acceptors (Lipinski definition) is 6. The molecule has 80 valence electrons. The third kappa shape index (κ3) is 1.40. The minimum absolute atomic E-state index is 0.929. The molecule has 0 spiro atoms. The summed E-state index contributed by atoms with van der Waals surface area (Å²) < 4.78 is 0. The maximum atomic E-state index is 10.9. The van der Waals surface area contributed by atoms with Crippen molar-refractivity contribution in [2.75, 3.05) is 0 Å². The lowest BCUT2D eigenvalue weighted by molar-refractivity contribution is -0.205. The number of aliphatic hydroxyl groups is 4. The molecule has 0 heterocycles. The molecule has 7 nitrogen and oxygen atoms in total. The molecule has 1 aliphatic rings. The minimum atomic E-state index is -2.73. The fourth-order valence-corrected chi connectivity index (χ4v) is 1.32. The van der Waals surface area contributed by atoms with E-state index >= 15 is 0 Å². The monoisotopic (exact) mass is 206 g/mol. The van der Waals surface area contributed by atoms with Crippen LogP contribution in [-0.2, 0) is 9.59 Å². The number of Topliss-reactive ketones (excluding diaryl/α,β-unsaturated/α-hetero) is 1. The first kappa shape index (κ1) is 11.1. The van der Waals surface area contributed by atoms with Crippen LogP contribution >= 0.6 is 0 Å². The van der Waals surface area contributed by atoms with Gasteiger partial charge in [0.2, 0.25) is 0 Å². The smallest absolute Gasteiger partial charge is 0.339 e. The molecule has 0 aromatic rings. The van der Waals surface area contributed by atoms with Crippen LogP contribution in [0.15, 0.2) is 0 Å². The van der Waals surface area contributed by atoms with E-state index in [2.05, 4.69) is 0 Å². The first-order valence-electron chi connectivity index (χ1n) is 3.83. The predicted molar refractivity (Wildman–Crippen MR) is 40.2 cm³/mol. The average Bonchev–Trinajstić information content (AvgIpc) is 2.11. The Morgan fingerprint density at radius 3 is 2.29 bits per heavy atom. The lowest BCUT2D eigenvalue weighted by Gasteiger charge is -2.37. The molecule has 1 fully saturated rings. The summed E-state index contributed by atoms with van der Waals surface area (Å²) in [7, 11) is 0. The average molecular weight is 206 g/mol. The standard InChI is InChI=1S/C7H10O7/c8-2-1-7(14,6(12)13)5(11)4(10)3(2)9/h3-5,9-11,14H,1H2,(H,12,13). The van der Waals surface area contributed by atoms with Crippen LogP contribution in [0.1, 0.15) is 6.42 Å². The van der Waals surface area contributed by atoms with E-state index < -0.39 is 42.1 Å². The molecule has 1 rings (SSSR count).